The summed E-state index contributed by atoms with van der Waals surface area (Å²) in [5.74, 6) is 0. The van der Waals surface area contributed by atoms with Crippen LogP contribution in [0, 0.1) is 0 Å². The molecule has 84 valence electrons. The Kier molecular flexibility index (Phi) is 4.30. The van der Waals surface area contributed by atoms with E-state index in [2.05, 4.69) is 6.92 Å². The van der Waals surface area contributed by atoms with Crippen LogP contribution in [0.4, 0.5) is 0 Å². The highest BCUT2D eigenvalue weighted by atomic mass is 16.6. The highest BCUT2D eigenvalue weighted by Gasteiger charge is 2.20. The van der Waals surface area contributed by atoms with Crippen molar-refractivity contribution in [2.45, 2.75) is 45.5 Å². The lowest BCUT2D eigenvalue weighted by Gasteiger charge is -2.27. The molecule has 1 N–H and O–H groups in total. The molecule has 1 rings (SSSR count). The van der Waals surface area contributed by atoms with Gasteiger partial charge in [-0.25, -0.2) is 0 Å². The van der Waals surface area contributed by atoms with Gasteiger partial charge in [0.25, 0.3) is 0 Å². The first kappa shape index (κ1) is 12.2. The number of benzene rings is 1. The Balaban J connectivity index is 2.46. The molecule has 0 aromatic heterocycles. The lowest BCUT2D eigenvalue weighted by atomic mass is 10.1. The number of aliphatic hydroxyl groups is 1. The predicted molar refractivity (Wildman–Crippen MR) is 61.6 cm³/mol. The molecular formula is C13H20O2. The molecule has 1 aromatic rings. The summed E-state index contributed by atoms with van der Waals surface area (Å²) in [6.07, 6.45) is 0.714. The van der Waals surface area contributed by atoms with Crippen LogP contribution in [-0.2, 0) is 11.2 Å². The van der Waals surface area contributed by atoms with Gasteiger partial charge >= 0.3 is 0 Å². The molecule has 1 atom stereocenters. The van der Waals surface area contributed by atoms with Crippen LogP contribution in [-0.4, -0.2) is 17.0 Å². The number of aliphatic hydroxyl groups excluding tert-OH is 1. The lowest BCUT2D eigenvalue weighted by Crippen LogP contribution is -2.31. The molecule has 0 radical (unpaired) electrons. The van der Waals surface area contributed by atoms with Crippen molar-refractivity contribution in [3.63, 3.8) is 0 Å². The van der Waals surface area contributed by atoms with Gasteiger partial charge in [0, 0.05) is 6.42 Å². The Hall–Kier alpha value is -0.860. The molecular weight excluding hydrogens is 188 g/mol. The van der Waals surface area contributed by atoms with E-state index in [1.54, 1.807) is 0 Å². The molecule has 0 saturated heterocycles. The fraction of sp³-hybridized carbons (Fsp3) is 0.538. The maximum absolute atomic E-state index is 9.75. The minimum absolute atomic E-state index is 0.256. The number of hydrogen-bond donors (Lipinski definition) is 1. The molecule has 1 unspecified atom stereocenters. The first-order chi connectivity index (χ1) is 7.03. The molecule has 0 aliphatic carbocycles. The van der Waals surface area contributed by atoms with E-state index in [1.807, 2.05) is 44.2 Å². The number of ether oxygens (including phenoxy) is 1. The van der Waals surface area contributed by atoms with Crippen LogP contribution in [0.2, 0.25) is 0 Å². The Morgan fingerprint density at radius 1 is 1.27 bits per heavy atom. The van der Waals surface area contributed by atoms with Gasteiger partial charge in [0.05, 0.1) is 5.60 Å². The smallest absolute Gasteiger partial charge is 0.159 e. The first-order valence-electron chi connectivity index (χ1n) is 5.43. The van der Waals surface area contributed by atoms with Crippen LogP contribution in [0.25, 0.3) is 0 Å². The lowest BCUT2D eigenvalue weighted by molar-refractivity contribution is -0.171. The zero-order chi connectivity index (χ0) is 11.3. The van der Waals surface area contributed by atoms with Crippen molar-refractivity contribution in [2.75, 3.05) is 0 Å². The minimum atomic E-state index is -0.720. The fourth-order valence-corrected chi connectivity index (χ4v) is 1.31. The Labute approximate surface area is 91.9 Å². The summed E-state index contributed by atoms with van der Waals surface area (Å²) in [6.45, 7) is 6.03. The Morgan fingerprint density at radius 2 is 1.87 bits per heavy atom. The van der Waals surface area contributed by atoms with Gasteiger partial charge in [-0.3, -0.25) is 0 Å². The quantitative estimate of drug-likeness (QED) is 0.754. The van der Waals surface area contributed by atoms with E-state index in [0.717, 1.165) is 12.0 Å². The minimum Gasteiger partial charge on any atom is -0.368 e. The summed E-state index contributed by atoms with van der Waals surface area (Å²) in [5.41, 5.74) is 0.839. The van der Waals surface area contributed by atoms with Crippen LogP contribution in [0.5, 0.6) is 0 Å². The van der Waals surface area contributed by atoms with E-state index >= 15 is 0 Å². The van der Waals surface area contributed by atoms with Crippen LogP contribution >= 0.6 is 0 Å². The van der Waals surface area contributed by atoms with Crippen molar-refractivity contribution in [1.29, 1.82) is 0 Å². The normalized spacial score (nSPS) is 13.9. The van der Waals surface area contributed by atoms with Crippen LogP contribution in [0.1, 0.15) is 32.8 Å². The summed E-state index contributed by atoms with van der Waals surface area (Å²) in [4.78, 5) is 0. The van der Waals surface area contributed by atoms with Gasteiger partial charge < -0.3 is 9.84 Å². The summed E-state index contributed by atoms with van der Waals surface area (Å²) in [7, 11) is 0. The highest BCUT2D eigenvalue weighted by Crippen LogP contribution is 2.17. The van der Waals surface area contributed by atoms with Gasteiger partial charge in [-0.15, -0.1) is 0 Å². The third kappa shape index (κ3) is 4.45. The van der Waals surface area contributed by atoms with E-state index < -0.39 is 6.29 Å². The molecule has 1 aromatic carbocycles. The van der Waals surface area contributed by atoms with Crippen LogP contribution in [0.3, 0.4) is 0 Å². The van der Waals surface area contributed by atoms with Crippen molar-refractivity contribution in [3.8, 4) is 0 Å². The van der Waals surface area contributed by atoms with E-state index in [0.29, 0.717) is 6.42 Å². The van der Waals surface area contributed by atoms with E-state index in [-0.39, 0.29) is 5.60 Å². The van der Waals surface area contributed by atoms with Gasteiger partial charge in [-0.1, -0.05) is 37.3 Å². The van der Waals surface area contributed by atoms with Crippen molar-refractivity contribution in [2.24, 2.45) is 0 Å². The topological polar surface area (TPSA) is 29.5 Å². The molecule has 2 nitrogen and oxygen atoms in total. The zero-order valence-corrected chi connectivity index (χ0v) is 9.73. The summed E-state index contributed by atoms with van der Waals surface area (Å²) < 4.78 is 5.55. The summed E-state index contributed by atoms with van der Waals surface area (Å²) in [6, 6.07) is 9.88. The predicted octanol–water partition coefficient (Wildman–Crippen LogP) is 2.75. The number of hydrogen-bond acceptors (Lipinski definition) is 2. The molecule has 0 amide bonds. The molecule has 15 heavy (non-hydrogen) atoms. The third-order valence-corrected chi connectivity index (χ3v) is 2.56. The average molecular weight is 208 g/mol. The van der Waals surface area contributed by atoms with Gasteiger partial charge in [0.2, 0.25) is 0 Å². The van der Waals surface area contributed by atoms with E-state index in [4.69, 9.17) is 4.74 Å². The second kappa shape index (κ2) is 5.29. The van der Waals surface area contributed by atoms with Gasteiger partial charge in [0.1, 0.15) is 0 Å². The zero-order valence-electron chi connectivity index (χ0n) is 9.73. The monoisotopic (exact) mass is 208 g/mol. The number of rotatable bonds is 5. The van der Waals surface area contributed by atoms with Crippen LogP contribution in [0.15, 0.2) is 30.3 Å². The van der Waals surface area contributed by atoms with Crippen molar-refractivity contribution < 1.29 is 9.84 Å². The Bertz CT molecular complexity index is 280. The average Bonchev–Trinajstić information content (AvgIpc) is 2.18. The largest absolute Gasteiger partial charge is 0.368 e. The second-order valence-corrected chi connectivity index (χ2v) is 4.38. The standard InChI is InChI=1S/C13H20O2/c1-4-13(2,3)15-12(14)10-11-8-6-5-7-9-11/h5-9,12,14H,4,10H2,1-3H3. The first-order valence-corrected chi connectivity index (χ1v) is 5.43. The van der Waals surface area contributed by atoms with E-state index in [9.17, 15) is 5.11 Å². The maximum atomic E-state index is 9.75. The maximum Gasteiger partial charge on any atom is 0.159 e. The van der Waals surface area contributed by atoms with Crippen LogP contribution < -0.4 is 0 Å². The molecule has 2 heteroatoms. The van der Waals surface area contributed by atoms with Crippen molar-refractivity contribution in [3.05, 3.63) is 35.9 Å². The molecule has 0 fully saturated rings. The molecule has 0 aliphatic rings. The summed E-state index contributed by atoms with van der Waals surface area (Å²) in [5, 5.41) is 9.75. The van der Waals surface area contributed by atoms with Gasteiger partial charge in [-0.2, -0.15) is 0 Å². The molecule has 0 bridgehead atoms. The molecule has 0 aliphatic heterocycles. The summed E-state index contributed by atoms with van der Waals surface area (Å²) >= 11 is 0. The van der Waals surface area contributed by atoms with Gasteiger partial charge in [0.15, 0.2) is 6.29 Å². The molecule has 0 heterocycles. The van der Waals surface area contributed by atoms with Crippen molar-refractivity contribution in [1.82, 2.24) is 0 Å². The van der Waals surface area contributed by atoms with Gasteiger partial charge in [-0.05, 0) is 25.8 Å². The molecule has 0 saturated carbocycles. The van der Waals surface area contributed by atoms with Crippen molar-refractivity contribution >= 4 is 0 Å². The van der Waals surface area contributed by atoms with E-state index in [1.165, 1.54) is 0 Å². The second-order valence-electron chi connectivity index (χ2n) is 4.38. The fourth-order valence-electron chi connectivity index (χ4n) is 1.31. The molecule has 0 spiro atoms. The highest BCUT2D eigenvalue weighted by molar-refractivity contribution is 5.14. The third-order valence-electron chi connectivity index (χ3n) is 2.56. The Morgan fingerprint density at radius 3 is 2.40 bits per heavy atom. The SMILES string of the molecule is CCC(C)(C)OC(O)Cc1ccccc1.